The lowest BCUT2D eigenvalue weighted by Gasteiger charge is -2.30. The van der Waals surface area contributed by atoms with Gasteiger partial charge >= 0.3 is 6.18 Å². The van der Waals surface area contributed by atoms with Crippen LogP contribution in [0.15, 0.2) is 12.1 Å². The van der Waals surface area contributed by atoms with Gasteiger partial charge in [0, 0.05) is 18.2 Å². The fourth-order valence-corrected chi connectivity index (χ4v) is 2.65. The van der Waals surface area contributed by atoms with E-state index in [0.29, 0.717) is 5.56 Å². The zero-order valence-corrected chi connectivity index (χ0v) is 12.2. The molecule has 1 aromatic rings. The Morgan fingerprint density at radius 3 is 2.20 bits per heavy atom. The van der Waals surface area contributed by atoms with Gasteiger partial charge in [-0.2, -0.15) is 13.2 Å². The third-order valence-corrected chi connectivity index (χ3v) is 4.12. The van der Waals surface area contributed by atoms with Crippen molar-refractivity contribution in [1.82, 2.24) is 4.90 Å². The van der Waals surface area contributed by atoms with Gasteiger partial charge < -0.3 is 4.90 Å². The fraction of sp³-hybridized carbons (Fsp3) is 0.533. The molecule has 0 radical (unpaired) electrons. The summed E-state index contributed by atoms with van der Waals surface area (Å²) in [5.74, 6) is -0.416. The van der Waals surface area contributed by atoms with E-state index in [1.807, 2.05) is 13.8 Å². The van der Waals surface area contributed by atoms with Crippen molar-refractivity contribution >= 4 is 5.91 Å². The van der Waals surface area contributed by atoms with Crippen LogP contribution in [0.1, 0.15) is 60.7 Å². The zero-order chi connectivity index (χ0) is 15.5. The quantitative estimate of drug-likeness (QED) is 0.759. The van der Waals surface area contributed by atoms with E-state index < -0.39 is 17.3 Å². The van der Waals surface area contributed by atoms with Crippen LogP contribution in [0.3, 0.4) is 0 Å². The molecule has 1 amide bonds. The van der Waals surface area contributed by atoms with Crippen LogP contribution in [0.25, 0.3) is 0 Å². The highest BCUT2D eigenvalue weighted by molar-refractivity contribution is 6.00. The highest BCUT2D eigenvalue weighted by Crippen LogP contribution is 2.46. The lowest BCUT2D eigenvalue weighted by Crippen LogP contribution is -2.36. The molecule has 1 aliphatic heterocycles. The van der Waals surface area contributed by atoms with E-state index in [2.05, 4.69) is 0 Å². The molecule has 0 spiro atoms. The van der Waals surface area contributed by atoms with E-state index in [0.717, 1.165) is 0 Å². The van der Waals surface area contributed by atoms with Gasteiger partial charge in [-0.05, 0) is 37.5 Å². The second-order valence-electron chi connectivity index (χ2n) is 6.07. The van der Waals surface area contributed by atoms with Gasteiger partial charge in [-0.15, -0.1) is 0 Å². The van der Waals surface area contributed by atoms with Crippen LogP contribution in [0, 0.1) is 0 Å². The van der Waals surface area contributed by atoms with Crippen molar-refractivity contribution in [3.8, 4) is 0 Å². The summed E-state index contributed by atoms with van der Waals surface area (Å²) in [6.07, 6.45) is -4.46. The summed E-state index contributed by atoms with van der Waals surface area (Å²) in [7, 11) is 1.54. The molecule has 0 N–H and O–H groups in total. The monoisotopic (exact) mass is 285 g/mol. The van der Waals surface area contributed by atoms with Gasteiger partial charge in [0.2, 0.25) is 0 Å². The molecule has 0 bridgehead atoms. The standard InChI is InChI=1S/C15H18F3NO/c1-8(2)9-6-10-12(11(7-9)15(16,17)18)14(3,4)19(5)13(10)20/h6-8H,1-5H3. The lowest BCUT2D eigenvalue weighted by atomic mass is 9.86. The third-order valence-electron chi connectivity index (χ3n) is 4.12. The summed E-state index contributed by atoms with van der Waals surface area (Å²) in [5.41, 5.74) is -0.845. The number of halogens is 3. The molecule has 110 valence electrons. The number of hydrogen-bond donors (Lipinski definition) is 0. The Labute approximate surface area is 116 Å². The molecule has 1 aromatic carbocycles. The SMILES string of the molecule is CC(C)c1cc2c(c(C(F)(F)F)c1)C(C)(C)N(C)C2=O. The summed E-state index contributed by atoms with van der Waals surface area (Å²) in [4.78, 5) is 13.6. The Kier molecular flexibility index (Phi) is 3.15. The number of carbonyl (C=O) groups is 1. The minimum Gasteiger partial charge on any atom is -0.332 e. The molecule has 0 fully saturated rings. The van der Waals surface area contributed by atoms with Gasteiger partial charge in [0.15, 0.2) is 0 Å². The van der Waals surface area contributed by atoms with Crippen molar-refractivity contribution in [2.75, 3.05) is 7.05 Å². The highest BCUT2D eigenvalue weighted by Gasteiger charge is 2.48. The van der Waals surface area contributed by atoms with Crippen LogP contribution in [0.2, 0.25) is 0 Å². The first kappa shape index (κ1) is 14.9. The summed E-state index contributed by atoms with van der Waals surface area (Å²) in [6.45, 7) is 6.91. The molecule has 2 nitrogen and oxygen atoms in total. The van der Waals surface area contributed by atoms with Crippen LogP contribution in [-0.4, -0.2) is 17.9 Å². The van der Waals surface area contributed by atoms with E-state index in [-0.39, 0.29) is 23.0 Å². The third kappa shape index (κ3) is 2.00. The van der Waals surface area contributed by atoms with Crippen molar-refractivity contribution in [1.29, 1.82) is 0 Å². The second kappa shape index (κ2) is 4.24. The summed E-state index contributed by atoms with van der Waals surface area (Å²) >= 11 is 0. The van der Waals surface area contributed by atoms with Crippen LogP contribution in [0.4, 0.5) is 13.2 Å². The molecule has 0 atom stereocenters. The second-order valence-corrected chi connectivity index (χ2v) is 6.07. The predicted octanol–water partition coefficient (Wildman–Crippen LogP) is 4.15. The Hall–Kier alpha value is -1.52. The number of alkyl halides is 3. The summed E-state index contributed by atoms with van der Waals surface area (Å²) < 4.78 is 40.1. The van der Waals surface area contributed by atoms with Gasteiger partial charge in [-0.3, -0.25) is 4.79 Å². The molecular formula is C15H18F3NO. The maximum absolute atomic E-state index is 13.4. The first-order valence-electron chi connectivity index (χ1n) is 6.51. The minimum absolute atomic E-state index is 0.0665. The van der Waals surface area contributed by atoms with Crippen molar-refractivity contribution in [3.05, 3.63) is 34.4 Å². The number of fused-ring (bicyclic) bond motifs is 1. The summed E-state index contributed by atoms with van der Waals surface area (Å²) in [6, 6.07) is 2.78. The van der Waals surface area contributed by atoms with E-state index in [9.17, 15) is 18.0 Å². The highest BCUT2D eigenvalue weighted by atomic mass is 19.4. The molecular weight excluding hydrogens is 267 g/mol. The Morgan fingerprint density at radius 1 is 1.20 bits per heavy atom. The van der Waals surface area contributed by atoms with Crippen molar-refractivity contribution < 1.29 is 18.0 Å². The minimum atomic E-state index is -4.46. The smallest absolute Gasteiger partial charge is 0.332 e. The number of amides is 1. The molecule has 5 heteroatoms. The first-order valence-corrected chi connectivity index (χ1v) is 6.51. The number of benzene rings is 1. The van der Waals surface area contributed by atoms with Crippen molar-refractivity contribution in [3.63, 3.8) is 0 Å². The molecule has 0 aromatic heterocycles. The average molecular weight is 285 g/mol. The maximum Gasteiger partial charge on any atom is 0.416 e. The number of carbonyl (C=O) groups excluding carboxylic acids is 1. The number of rotatable bonds is 1. The van der Waals surface area contributed by atoms with Gasteiger partial charge in [0.25, 0.3) is 5.91 Å². The Morgan fingerprint density at radius 2 is 1.75 bits per heavy atom. The van der Waals surface area contributed by atoms with E-state index >= 15 is 0 Å². The maximum atomic E-state index is 13.4. The van der Waals surface area contributed by atoms with Crippen LogP contribution in [0.5, 0.6) is 0 Å². The van der Waals surface area contributed by atoms with Crippen LogP contribution < -0.4 is 0 Å². The van der Waals surface area contributed by atoms with Crippen LogP contribution in [-0.2, 0) is 11.7 Å². The number of hydrogen-bond acceptors (Lipinski definition) is 1. The van der Waals surface area contributed by atoms with E-state index in [1.54, 1.807) is 19.9 Å². The lowest BCUT2D eigenvalue weighted by molar-refractivity contribution is -0.139. The molecule has 2 rings (SSSR count). The predicted molar refractivity (Wildman–Crippen MR) is 70.7 cm³/mol. The summed E-state index contributed by atoms with van der Waals surface area (Å²) in [5, 5.41) is 0. The first-order chi connectivity index (χ1) is 8.98. The fourth-order valence-electron chi connectivity index (χ4n) is 2.65. The molecule has 0 aliphatic carbocycles. The molecule has 1 heterocycles. The van der Waals surface area contributed by atoms with Gasteiger partial charge in [-0.25, -0.2) is 0 Å². The molecule has 0 unspecified atom stereocenters. The van der Waals surface area contributed by atoms with Gasteiger partial charge in [-0.1, -0.05) is 13.8 Å². The van der Waals surface area contributed by atoms with Crippen molar-refractivity contribution in [2.45, 2.75) is 45.3 Å². The molecule has 0 saturated heterocycles. The van der Waals surface area contributed by atoms with Crippen molar-refractivity contribution in [2.24, 2.45) is 0 Å². The topological polar surface area (TPSA) is 20.3 Å². The Bertz CT molecular complexity index is 573. The van der Waals surface area contributed by atoms with Gasteiger partial charge in [0.05, 0.1) is 11.1 Å². The Balaban J connectivity index is 2.83. The molecule has 1 aliphatic rings. The number of nitrogens with zero attached hydrogens (tertiary/aromatic N) is 1. The molecule has 0 saturated carbocycles. The average Bonchev–Trinajstić information content (AvgIpc) is 2.49. The van der Waals surface area contributed by atoms with Crippen LogP contribution >= 0.6 is 0 Å². The van der Waals surface area contributed by atoms with E-state index in [1.165, 1.54) is 18.0 Å². The molecule has 20 heavy (non-hydrogen) atoms. The zero-order valence-electron chi connectivity index (χ0n) is 12.2. The largest absolute Gasteiger partial charge is 0.416 e. The van der Waals surface area contributed by atoms with E-state index in [4.69, 9.17) is 0 Å². The van der Waals surface area contributed by atoms with Gasteiger partial charge in [0.1, 0.15) is 0 Å². The normalized spacial score (nSPS) is 17.9.